The van der Waals surface area contributed by atoms with Crippen molar-refractivity contribution < 1.29 is 17.9 Å². The van der Waals surface area contributed by atoms with Crippen molar-refractivity contribution in [1.29, 1.82) is 0 Å². The highest BCUT2D eigenvalue weighted by Crippen LogP contribution is 2.34. The summed E-state index contributed by atoms with van der Waals surface area (Å²) in [6.45, 7) is 6.27. The second-order valence-corrected chi connectivity index (χ2v) is 9.38. The Kier molecular flexibility index (Phi) is 6.18. The number of carbonyl (C=O) groups is 1. The molecule has 8 heteroatoms. The first-order chi connectivity index (χ1) is 12.1. The molecule has 1 aromatic rings. The summed E-state index contributed by atoms with van der Waals surface area (Å²) in [5, 5.41) is 0. The van der Waals surface area contributed by atoms with Crippen LogP contribution in [0.2, 0.25) is 0 Å². The van der Waals surface area contributed by atoms with Gasteiger partial charge in [0.25, 0.3) is 0 Å². The minimum atomic E-state index is -3.26. The van der Waals surface area contributed by atoms with Gasteiger partial charge in [0.15, 0.2) is 0 Å². The van der Waals surface area contributed by atoms with Gasteiger partial charge in [0.1, 0.15) is 5.75 Å². The van der Waals surface area contributed by atoms with E-state index in [1.807, 2.05) is 29.2 Å². The van der Waals surface area contributed by atoms with E-state index in [0.29, 0.717) is 19.6 Å². The highest BCUT2D eigenvalue weighted by Gasteiger charge is 2.36. The maximum atomic E-state index is 12.5. The van der Waals surface area contributed by atoms with E-state index in [0.717, 1.165) is 17.7 Å². The van der Waals surface area contributed by atoms with Crippen molar-refractivity contribution in [3.8, 4) is 5.75 Å². The largest absolute Gasteiger partial charge is 0.495 e. The summed E-state index contributed by atoms with van der Waals surface area (Å²) in [7, 11) is -0.115. The number of ether oxygens (including phenoxy) is 1. The Labute approximate surface area is 156 Å². The zero-order valence-electron chi connectivity index (χ0n) is 16.2. The van der Waals surface area contributed by atoms with Crippen LogP contribution in [0.3, 0.4) is 0 Å². The van der Waals surface area contributed by atoms with Crippen LogP contribution in [-0.4, -0.2) is 75.7 Å². The van der Waals surface area contributed by atoms with Gasteiger partial charge in [-0.05, 0) is 26.0 Å². The lowest BCUT2D eigenvalue weighted by molar-refractivity contribution is -0.132. The molecule has 0 bridgehead atoms. The number of methoxy groups -OCH3 is 1. The van der Waals surface area contributed by atoms with Crippen LogP contribution in [-0.2, 0) is 14.8 Å². The van der Waals surface area contributed by atoms with Crippen molar-refractivity contribution in [2.24, 2.45) is 0 Å². The minimum Gasteiger partial charge on any atom is -0.495 e. The standard InChI is InChI=1S/C18H29N3O4S/c1-18(2)14-20(17(22)10-11-19(3)26(5,23)24)12-13-21(18)15-8-6-7-9-16(15)25-4/h6-9H,10-14H2,1-5H3. The first-order valence-electron chi connectivity index (χ1n) is 8.66. The van der Waals surface area contributed by atoms with Crippen LogP contribution in [0.4, 0.5) is 5.69 Å². The molecule has 26 heavy (non-hydrogen) atoms. The number of para-hydroxylation sites is 2. The van der Waals surface area contributed by atoms with Crippen molar-refractivity contribution in [1.82, 2.24) is 9.21 Å². The summed E-state index contributed by atoms with van der Waals surface area (Å²) in [5.74, 6) is 0.795. The topological polar surface area (TPSA) is 70.2 Å². The fourth-order valence-corrected chi connectivity index (χ4v) is 3.67. The molecule has 146 valence electrons. The Morgan fingerprint density at radius 2 is 1.92 bits per heavy atom. The van der Waals surface area contributed by atoms with Crippen molar-refractivity contribution in [3.63, 3.8) is 0 Å². The molecule has 1 aliphatic rings. The van der Waals surface area contributed by atoms with Gasteiger partial charge in [0, 0.05) is 39.6 Å². The number of hydrogen-bond donors (Lipinski definition) is 0. The van der Waals surface area contributed by atoms with Crippen LogP contribution in [0.1, 0.15) is 20.3 Å². The van der Waals surface area contributed by atoms with E-state index < -0.39 is 10.0 Å². The SMILES string of the molecule is COc1ccccc1N1CCN(C(=O)CCN(C)S(C)(=O)=O)CC1(C)C. The van der Waals surface area contributed by atoms with Gasteiger partial charge in [-0.1, -0.05) is 12.1 Å². The Bertz CT molecular complexity index is 749. The molecule has 2 rings (SSSR count). The summed E-state index contributed by atoms with van der Waals surface area (Å²) in [4.78, 5) is 16.6. The summed E-state index contributed by atoms with van der Waals surface area (Å²) in [6.07, 6.45) is 1.33. The Hall–Kier alpha value is -1.80. The highest BCUT2D eigenvalue weighted by molar-refractivity contribution is 7.88. The van der Waals surface area contributed by atoms with Crippen molar-refractivity contribution in [2.75, 3.05) is 51.5 Å². The molecule has 1 heterocycles. The molecule has 0 aliphatic carbocycles. The molecule has 0 spiro atoms. The molecule has 1 fully saturated rings. The van der Waals surface area contributed by atoms with Crippen LogP contribution in [0, 0.1) is 0 Å². The zero-order chi connectivity index (χ0) is 19.5. The molecule has 0 aromatic heterocycles. The lowest BCUT2D eigenvalue weighted by atomic mass is 9.97. The zero-order valence-corrected chi connectivity index (χ0v) is 17.0. The summed E-state index contributed by atoms with van der Waals surface area (Å²) in [6, 6.07) is 7.88. The van der Waals surface area contributed by atoms with Gasteiger partial charge in [0.05, 0.1) is 24.6 Å². The summed E-state index contributed by atoms with van der Waals surface area (Å²) in [5.41, 5.74) is 0.759. The van der Waals surface area contributed by atoms with Crippen LogP contribution in [0.5, 0.6) is 5.75 Å². The van der Waals surface area contributed by atoms with E-state index in [1.54, 1.807) is 7.11 Å². The molecule has 1 aromatic carbocycles. The van der Waals surface area contributed by atoms with Gasteiger partial charge in [-0.15, -0.1) is 0 Å². The Morgan fingerprint density at radius 1 is 1.27 bits per heavy atom. The van der Waals surface area contributed by atoms with Crippen LogP contribution in [0.25, 0.3) is 0 Å². The second-order valence-electron chi connectivity index (χ2n) is 7.29. The van der Waals surface area contributed by atoms with Crippen LogP contribution in [0.15, 0.2) is 24.3 Å². The summed E-state index contributed by atoms with van der Waals surface area (Å²) < 4.78 is 29.6. The van der Waals surface area contributed by atoms with Crippen LogP contribution < -0.4 is 9.64 Å². The molecular weight excluding hydrogens is 354 g/mol. The summed E-state index contributed by atoms with van der Waals surface area (Å²) >= 11 is 0. The number of carbonyl (C=O) groups excluding carboxylic acids is 1. The predicted molar refractivity (Wildman–Crippen MR) is 103 cm³/mol. The third-order valence-electron chi connectivity index (χ3n) is 4.84. The van der Waals surface area contributed by atoms with E-state index in [1.165, 1.54) is 11.4 Å². The Morgan fingerprint density at radius 3 is 2.50 bits per heavy atom. The molecular formula is C18H29N3O4S. The van der Waals surface area contributed by atoms with Gasteiger partial charge in [-0.3, -0.25) is 4.79 Å². The van der Waals surface area contributed by atoms with Gasteiger partial charge in [-0.25, -0.2) is 12.7 Å². The fraction of sp³-hybridized carbons (Fsp3) is 0.611. The molecule has 0 N–H and O–H groups in total. The molecule has 0 unspecified atom stereocenters. The highest BCUT2D eigenvalue weighted by atomic mass is 32.2. The van der Waals surface area contributed by atoms with Gasteiger partial charge >= 0.3 is 0 Å². The average molecular weight is 384 g/mol. The van der Waals surface area contributed by atoms with E-state index in [4.69, 9.17) is 4.74 Å². The smallest absolute Gasteiger partial charge is 0.224 e. The van der Waals surface area contributed by atoms with Crippen molar-refractivity contribution in [3.05, 3.63) is 24.3 Å². The second kappa shape index (κ2) is 7.84. The number of piperazine rings is 1. The normalized spacial score (nSPS) is 17.5. The molecule has 0 atom stereocenters. The van der Waals surface area contributed by atoms with E-state index in [9.17, 15) is 13.2 Å². The molecule has 1 amide bonds. The van der Waals surface area contributed by atoms with Gasteiger partial charge in [-0.2, -0.15) is 0 Å². The molecule has 0 saturated carbocycles. The Balaban J connectivity index is 2.05. The number of anilines is 1. The molecule has 7 nitrogen and oxygen atoms in total. The average Bonchev–Trinajstić information content (AvgIpc) is 2.57. The third kappa shape index (κ3) is 4.67. The number of rotatable bonds is 6. The van der Waals surface area contributed by atoms with Gasteiger partial charge in [0.2, 0.25) is 15.9 Å². The van der Waals surface area contributed by atoms with Crippen molar-refractivity contribution >= 4 is 21.6 Å². The number of amides is 1. The third-order valence-corrected chi connectivity index (χ3v) is 6.15. The molecule has 1 saturated heterocycles. The first-order valence-corrected chi connectivity index (χ1v) is 10.5. The number of hydrogen-bond acceptors (Lipinski definition) is 5. The van der Waals surface area contributed by atoms with E-state index in [-0.39, 0.29) is 24.4 Å². The quantitative estimate of drug-likeness (QED) is 0.743. The predicted octanol–water partition coefficient (Wildman–Crippen LogP) is 1.40. The lowest BCUT2D eigenvalue weighted by Gasteiger charge is -2.48. The van der Waals surface area contributed by atoms with Crippen LogP contribution >= 0.6 is 0 Å². The minimum absolute atomic E-state index is 0.0201. The van der Waals surface area contributed by atoms with E-state index >= 15 is 0 Å². The monoisotopic (exact) mass is 383 g/mol. The number of benzene rings is 1. The van der Waals surface area contributed by atoms with E-state index in [2.05, 4.69) is 18.7 Å². The number of sulfonamides is 1. The fourth-order valence-electron chi connectivity index (χ4n) is 3.24. The molecule has 1 aliphatic heterocycles. The maximum absolute atomic E-state index is 12.5. The lowest BCUT2D eigenvalue weighted by Crippen LogP contribution is -2.61. The van der Waals surface area contributed by atoms with Crippen molar-refractivity contribution in [2.45, 2.75) is 25.8 Å². The maximum Gasteiger partial charge on any atom is 0.224 e. The van der Waals surface area contributed by atoms with Gasteiger partial charge < -0.3 is 14.5 Å². The first kappa shape index (κ1) is 20.5. The molecule has 0 radical (unpaired) electrons. The number of nitrogens with zero attached hydrogens (tertiary/aromatic N) is 3.